The fourth-order valence-corrected chi connectivity index (χ4v) is 0.526. The zero-order valence-corrected chi connectivity index (χ0v) is 8.27. The molecule has 0 rings (SSSR count). The SMILES string of the molecule is CC(C)=C(C)OCCN(C)C. The van der Waals surface area contributed by atoms with Gasteiger partial charge < -0.3 is 9.64 Å². The third-order valence-corrected chi connectivity index (χ3v) is 1.56. The molecule has 0 aliphatic heterocycles. The number of rotatable bonds is 4. The van der Waals surface area contributed by atoms with Crippen molar-refractivity contribution in [2.24, 2.45) is 0 Å². The lowest BCUT2D eigenvalue weighted by atomic mass is 10.3. The summed E-state index contributed by atoms with van der Waals surface area (Å²) in [6.07, 6.45) is 0. The maximum atomic E-state index is 5.45. The Morgan fingerprint density at radius 3 is 2.09 bits per heavy atom. The van der Waals surface area contributed by atoms with Crippen molar-refractivity contribution in [2.75, 3.05) is 27.2 Å². The van der Waals surface area contributed by atoms with Crippen LogP contribution in [-0.4, -0.2) is 32.1 Å². The number of hydrogen-bond donors (Lipinski definition) is 0. The third-order valence-electron chi connectivity index (χ3n) is 1.56. The molecule has 0 atom stereocenters. The lowest BCUT2D eigenvalue weighted by Crippen LogP contribution is -2.17. The first-order valence-electron chi connectivity index (χ1n) is 3.95. The van der Waals surface area contributed by atoms with Crippen LogP contribution in [0.25, 0.3) is 0 Å². The van der Waals surface area contributed by atoms with Gasteiger partial charge in [0, 0.05) is 6.54 Å². The van der Waals surface area contributed by atoms with Crippen LogP contribution in [0.2, 0.25) is 0 Å². The molecular formula is C9H19NO. The van der Waals surface area contributed by atoms with E-state index in [0.717, 1.165) is 18.9 Å². The van der Waals surface area contributed by atoms with Gasteiger partial charge in [0.05, 0.1) is 5.76 Å². The van der Waals surface area contributed by atoms with Gasteiger partial charge in [-0.25, -0.2) is 0 Å². The Kier molecular flexibility index (Phi) is 4.95. The summed E-state index contributed by atoms with van der Waals surface area (Å²) in [6, 6.07) is 0. The second-order valence-corrected chi connectivity index (χ2v) is 3.21. The fourth-order valence-electron chi connectivity index (χ4n) is 0.526. The van der Waals surface area contributed by atoms with Crippen LogP contribution in [0, 0.1) is 0 Å². The van der Waals surface area contributed by atoms with Crippen molar-refractivity contribution in [3.8, 4) is 0 Å². The first-order chi connectivity index (χ1) is 5.04. The number of ether oxygens (including phenoxy) is 1. The summed E-state index contributed by atoms with van der Waals surface area (Å²) in [5.41, 5.74) is 1.25. The molecule has 0 saturated carbocycles. The molecule has 0 spiro atoms. The Bertz CT molecular complexity index is 134. The van der Waals surface area contributed by atoms with Crippen LogP contribution < -0.4 is 0 Å². The van der Waals surface area contributed by atoms with Gasteiger partial charge in [-0.05, 0) is 40.4 Å². The lowest BCUT2D eigenvalue weighted by molar-refractivity contribution is 0.182. The summed E-state index contributed by atoms with van der Waals surface area (Å²) in [5, 5.41) is 0. The van der Waals surface area contributed by atoms with Crippen LogP contribution in [-0.2, 0) is 4.74 Å². The monoisotopic (exact) mass is 157 g/mol. The van der Waals surface area contributed by atoms with Gasteiger partial charge in [-0.3, -0.25) is 0 Å². The zero-order chi connectivity index (χ0) is 8.85. The van der Waals surface area contributed by atoms with Crippen molar-refractivity contribution in [1.29, 1.82) is 0 Å². The van der Waals surface area contributed by atoms with Crippen molar-refractivity contribution in [3.05, 3.63) is 11.3 Å². The van der Waals surface area contributed by atoms with E-state index in [9.17, 15) is 0 Å². The van der Waals surface area contributed by atoms with E-state index in [1.165, 1.54) is 5.57 Å². The van der Waals surface area contributed by atoms with Gasteiger partial charge in [0.25, 0.3) is 0 Å². The molecule has 0 fully saturated rings. The minimum Gasteiger partial charge on any atom is -0.497 e. The highest BCUT2D eigenvalue weighted by molar-refractivity contribution is 4.98. The lowest BCUT2D eigenvalue weighted by Gasteiger charge is -2.11. The second-order valence-electron chi connectivity index (χ2n) is 3.21. The van der Waals surface area contributed by atoms with Crippen LogP contribution in [0.4, 0.5) is 0 Å². The average molecular weight is 157 g/mol. The predicted molar refractivity (Wildman–Crippen MR) is 48.6 cm³/mol. The van der Waals surface area contributed by atoms with E-state index in [-0.39, 0.29) is 0 Å². The van der Waals surface area contributed by atoms with E-state index in [2.05, 4.69) is 18.7 Å². The van der Waals surface area contributed by atoms with Crippen molar-refractivity contribution in [3.63, 3.8) is 0 Å². The highest BCUT2D eigenvalue weighted by atomic mass is 16.5. The Hall–Kier alpha value is -0.500. The summed E-state index contributed by atoms with van der Waals surface area (Å²) >= 11 is 0. The van der Waals surface area contributed by atoms with Gasteiger partial charge in [0.1, 0.15) is 6.61 Å². The minimum absolute atomic E-state index is 0.782. The molecule has 0 radical (unpaired) electrons. The average Bonchev–Trinajstić information content (AvgIpc) is 1.86. The quantitative estimate of drug-likeness (QED) is 0.578. The molecule has 0 aromatic carbocycles. The molecule has 0 amide bonds. The molecule has 0 bridgehead atoms. The molecular weight excluding hydrogens is 138 g/mol. The topological polar surface area (TPSA) is 12.5 Å². The molecule has 0 aliphatic rings. The molecule has 0 heterocycles. The van der Waals surface area contributed by atoms with E-state index in [1.807, 2.05) is 21.0 Å². The van der Waals surface area contributed by atoms with Crippen LogP contribution in [0.1, 0.15) is 20.8 Å². The molecule has 2 heteroatoms. The van der Waals surface area contributed by atoms with Crippen LogP contribution in [0.15, 0.2) is 11.3 Å². The van der Waals surface area contributed by atoms with E-state index < -0.39 is 0 Å². The highest BCUT2D eigenvalue weighted by Crippen LogP contribution is 2.02. The van der Waals surface area contributed by atoms with E-state index in [4.69, 9.17) is 4.74 Å². The third kappa shape index (κ3) is 5.92. The van der Waals surface area contributed by atoms with Crippen molar-refractivity contribution >= 4 is 0 Å². The Morgan fingerprint density at radius 2 is 1.73 bits per heavy atom. The molecule has 0 saturated heterocycles. The molecule has 66 valence electrons. The van der Waals surface area contributed by atoms with Gasteiger partial charge in [-0.1, -0.05) is 0 Å². The number of nitrogens with zero attached hydrogens (tertiary/aromatic N) is 1. The molecule has 2 nitrogen and oxygen atoms in total. The first kappa shape index (κ1) is 10.5. The summed E-state index contributed by atoms with van der Waals surface area (Å²) in [5.74, 6) is 1.05. The summed E-state index contributed by atoms with van der Waals surface area (Å²) < 4.78 is 5.45. The maximum absolute atomic E-state index is 5.45. The van der Waals surface area contributed by atoms with Crippen LogP contribution in [0.3, 0.4) is 0 Å². The van der Waals surface area contributed by atoms with Gasteiger partial charge in [0.15, 0.2) is 0 Å². The molecule has 0 unspecified atom stereocenters. The summed E-state index contributed by atoms with van der Waals surface area (Å²) in [4.78, 5) is 2.11. The minimum atomic E-state index is 0.782. The predicted octanol–water partition coefficient (Wildman–Crippen LogP) is 1.88. The number of likely N-dealkylation sites (N-methyl/N-ethyl adjacent to an activating group) is 1. The second kappa shape index (κ2) is 5.19. The van der Waals surface area contributed by atoms with Crippen LogP contribution >= 0.6 is 0 Å². The Labute approximate surface area is 69.8 Å². The van der Waals surface area contributed by atoms with E-state index in [1.54, 1.807) is 0 Å². The van der Waals surface area contributed by atoms with E-state index >= 15 is 0 Å². The summed E-state index contributed by atoms with van der Waals surface area (Å²) in [7, 11) is 4.09. The van der Waals surface area contributed by atoms with Gasteiger partial charge in [-0.15, -0.1) is 0 Å². The zero-order valence-electron chi connectivity index (χ0n) is 8.27. The van der Waals surface area contributed by atoms with E-state index in [0.29, 0.717) is 0 Å². The van der Waals surface area contributed by atoms with Gasteiger partial charge in [0.2, 0.25) is 0 Å². The molecule has 11 heavy (non-hydrogen) atoms. The molecule has 0 aliphatic carbocycles. The Balaban J connectivity index is 3.48. The van der Waals surface area contributed by atoms with Gasteiger partial charge >= 0.3 is 0 Å². The van der Waals surface area contributed by atoms with Crippen molar-refractivity contribution < 1.29 is 4.74 Å². The highest BCUT2D eigenvalue weighted by Gasteiger charge is 1.93. The largest absolute Gasteiger partial charge is 0.497 e. The normalized spacial score (nSPS) is 10.0. The van der Waals surface area contributed by atoms with Gasteiger partial charge in [-0.2, -0.15) is 0 Å². The maximum Gasteiger partial charge on any atom is 0.100 e. The standard InChI is InChI=1S/C9H19NO/c1-8(2)9(3)11-7-6-10(4)5/h6-7H2,1-5H3. The first-order valence-corrected chi connectivity index (χ1v) is 3.95. The summed E-state index contributed by atoms with van der Waals surface area (Å²) in [6.45, 7) is 7.88. The van der Waals surface area contributed by atoms with Crippen molar-refractivity contribution in [2.45, 2.75) is 20.8 Å². The molecule has 0 aromatic heterocycles. The molecule has 0 aromatic rings. The molecule has 0 N–H and O–H groups in total. The van der Waals surface area contributed by atoms with Crippen LogP contribution in [0.5, 0.6) is 0 Å². The van der Waals surface area contributed by atoms with Crippen molar-refractivity contribution in [1.82, 2.24) is 4.90 Å². The number of allylic oxidation sites excluding steroid dienone is 2. The number of hydrogen-bond acceptors (Lipinski definition) is 2. The fraction of sp³-hybridized carbons (Fsp3) is 0.778. The Morgan fingerprint density at radius 1 is 1.18 bits per heavy atom. The smallest absolute Gasteiger partial charge is 0.100 e.